The normalized spacial score (nSPS) is 14.4. The zero-order valence-electron chi connectivity index (χ0n) is 17.9. The average molecular weight is 408 g/mol. The number of hydrogen-bond acceptors (Lipinski definition) is 8. The Morgan fingerprint density at radius 3 is 2.20 bits per heavy atom. The molecule has 2 aromatic heterocycles. The second-order valence-electron chi connectivity index (χ2n) is 7.59. The molecule has 0 unspecified atom stereocenters. The maximum atomic E-state index is 5.15. The Kier molecular flexibility index (Phi) is 6.23. The van der Waals surface area contributed by atoms with Gasteiger partial charge in [-0.25, -0.2) is 15.0 Å². The molecule has 0 bridgehead atoms. The van der Waals surface area contributed by atoms with Crippen molar-refractivity contribution < 1.29 is 4.74 Å². The van der Waals surface area contributed by atoms with E-state index in [4.69, 9.17) is 14.7 Å². The van der Waals surface area contributed by atoms with Crippen LogP contribution in [0.15, 0.2) is 30.3 Å². The molecule has 8 nitrogen and oxygen atoms in total. The minimum Gasteiger partial charge on any atom is -0.385 e. The molecule has 0 spiro atoms. The molecule has 3 aromatic rings. The van der Waals surface area contributed by atoms with E-state index in [2.05, 4.69) is 31.2 Å². The van der Waals surface area contributed by atoms with Crippen LogP contribution in [0.4, 0.5) is 17.7 Å². The lowest BCUT2D eigenvalue weighted by atomic mass is 10.2. The van der Waals surface area contributed by atoms with Crippen molar-refractivity contribution >= 4 is 28.6 Å². The summed E-state index contributed by atoms with van der Waals surface area (Å²) in [6, 6.07) is 10.1. The van der Waals surface area contributed by atoms with Crippen molar-refractivity contribution in [2.75, 3.05) is 61.6 Å². The maximum Gasteiger partial charge on any atom is 0.228 e. The number of aromatic nitrogens is 4. The van der Waals surface area contributed by atoms with Gasteiger partial charge in [0.1, 0.15) is 5.82 Å². The summed E-state index contributed by atoms with van der Waals surface area (Å²) in [5.74, 6) is 2.46. The molecule has 8 heteroatoms. The molecule has 1 N–H and O–H groups in total. The van der Waals surface area contributed by atoms with E-state index in [0.29, 0.717) is 0 Å². The van der Waals surface area contributed by atoms with E-state index in [9.17, 15) is 0 Å². The van der Waals surface area contributed by atoms with E-state index in [1.807, 2.05) is 38.1 Å². The number of aryl methyl sites for hydroxylation is 2. The fraction of sp³-hybridized carbons (Fsp3) is 0.455. The third kappa shape index (κ3) is 4.59. The number of hydrogen-bond donors (Lipinski definition) is 1. The van der Waals surface area contributed by atoms with Crippen LogP contribution in [-0.4, -0.2) is 66.4 Å². The summed E-state index contributed by atoms with van der Waals surface area (Å²) in [5, 5.41) is 4.50. The summed E-state index contributed by atoms with van der Waals surface area (Å²) >= 11 is 0. The average Bonchev–Trinajstić information content (AvgIpc) is 2.76. The molecular weight excluding hydrogens is 378 g/mol. The van der Waals surface area contributed by atoms with Crippen molar-refractivity contribution in [1.29, 1.82) is 0 Å². The lowest BCUT2D eigenvalue weighted by Crippen LogP contribution is -2.47. The van der Waals surface area contributed by atoms with Gasteiger partial charge in [-0.15, -0.1) is 0 Å². The van der Waals surface area contributed by atoms with E-state index < -0.39 is 0 Å². The lowest BCUT2D eigenvalue weighted by Gasteiger charge is -2.35. The van der Waals surface area contributed by atoms with Gasteiger partial charge in [0.15, 0.2) is 0 Å². The van der Waals surface area contributed by atoms with E-state index in [1.54, 1.807) is 7.11 Å². The Hall–Kier alpha value is -3.00. The molecule has 0 radical (unpaired) electrons. The molecule has 1 fully saturated rings. The zero-order valence-corrected chi connectivity index (χ0v) is 17.9. The Bertz CT molecular complexity index is 982. The van der Waals surface area contributed by atoms with Gasteiger partial charge in [-0.2, -0.15) is 4.98 Å². The van der Waals surface area contributed by atoms with Crippen LogP contribution < -0.4 is 15.1 Å². The van der Waals surface area contributed by atoms with Crippen LogP contribution in [0.5, 0.6) is 0 Å². The van der Waals surface area contributed by atoms with Gasteiger partial charge in [0.2, 0.25) is 11.9 Å². The summed E-state index contributed by atoms with van der Waals surface area (Å²) in [6.45, 7) is 8.91. The first-order valence-corrected chi connectivity index (χ1v) is 10.5. The number of piperazine rings is 1. The fourth-order valence-corrected chi connectivity index (χ4v) is 3.72. The number of para-hydroxylation sites is 1. The lowest BCUT2D eigenvalue weighted by molar-refractivity contribution is 0.198. The van der Waals surface area contributed by atoms with E-state index in [-0.39, 0.29) is 0 Å². The van der Waals surface area contributed by atoms with Crippen molar-refractivity contribution in [1.82, 2.24) is 19.9 Å². The van der Waals surface area contributed by atoms with Crippen LogP contribution in [0.3, 0.4) is 0 Å². The number of ether oxygens (including phenoxy) is 1. The molecule has 4 rings (SSSR count). The summed E-state index contributed by atoms with van der Waals surface area (Å²) in [7, 11) is 1.72. The summed E-state index contributed by atoms with van der Waals surface area (Å²) < 4.78 is 5.15. The molecular formula is C22H29N7O. The Morgan fingerprint density at radius 2 is 1.53 bits per heavy atom. The molecule has 1 aromatic carbocycles. The van der Waals surface area contributed by atoms with Gasteiger partial charge >= 0.3 is 0 Å². The number of anilines is 3. The van der Waals surface area contributed by atoms with E-state index in [0.717, 1.165) is 85.8 Å². The van der Waals surface area contributed by atoms with Gasteiger partial charge in [0.25, 0.3) is 0 Å². The van der Waals surface area contributed by atoms with Gasteiger partial charge in [0.05, 0.1) is 5.52 Å². The standard InChI is InChI=1S/C22H29N7O/c1-16-15-17(2)25-21(24-16)28-10-12-29(13-11-28)22-26-19-8-5-4-7-18(19)20(27-22)23-9-6-14-30-3/h4-5,7-8,15H,6,9-14H2,1-3H3,(H,23,26,27). The SMILES string of the molecule is COCCCNc1nc(N2CCN(c3nc(C)cc(C)n3)CC2)nc2ccccc12. The van der Waals surface area contributed by atoms with Crippen LogP contribution in [0.2, 0.25) is 0 Å². The number of nitrogens with one attached hydrogen (secondary N) is 1. The second kappa shape index (κ2) is 9.21. The van der Waals surface area contributed by atoms with Gasteiger partial charge < -0.3 is 19.9 Å². The van der Waals surface area contributed by atoms with Crippen molar-refractivity contribution in [3.8, 4) is 0 Å². The third-order valence-corrected chi connectivity index (χ3v) is 5.22. The highest BCUT2D eigenvalue weighted by atomic mass is 16.5. The van der Waals surface area contributed by atoms with Gasteiger partial charge in [-0.1, -0.05) is 12.1 Å². The third-order valence-electron chi connectivity index (χ3n) is 5.22. The summed E-state index contributed by atoms with van der Waals surface area (Å²) in [4.78, 5) is 23.4. The number of methoxy groups -OCH3 is 1. The van der Waals surface area contributed by atoms with Crippen LogP contribution in [-0.2, 0) is 4.74 Å². The minimum absolute atomic E-state index is 0.728. The Balaban J connectivity index is 1.50. The molecule has 0 atom stereocenters. The summed E-state index contributed by atoms with van der Waals surface area (Å²) in [6.07, 6.45) is 0.929. The largest absolute Gasteiger partial charge is 0.385 e. The highest BCUT2D eigenvalue weighted by Gasteiger charge is 2.22. The summed E-state index contributed by atoms with van der Waals surface area (Å²) in [5.41, 5.74) is 2.96. The first kappa shape index (κ1) is 20.3. The van der Waals surface area contributed by atoms with E-state index in [1.165, 1.54) is 0 Å². The molecule has 0 saturated carbocycles. The Labute approximate surface area is 177 Å². The molecule has 1 aliphatic heterocycles. The zero-order chi connectivity index (χ0) is 20.9. The van der Waals surface area contributed by atoms with Gasteiger partial charge in [-0.3, -0.25) is 0 Å². The van der Waals surface area contributed by atoms with Crippen molar-refractivity contribution in [3.05, 3.63) is 41.7 Å². The van der Waals surface area contributed by atoms with Crippen molar-refractivity contribution in [3.63, 3.8) is 0 Å². The molecule has 0 amide bonds. The molecule has 1 aliphatic rings. The van der Waals surface area contributed by atoms with Crippen molar-refractivity contribution in [2.24, 2.45) is 0 Å². The molecule has 0 aliphatic carbocycles. The first-order chi connectivity index (χ1) is 14.6. The molecule has 158 valence electrons. The predicted molar refractivity (Wildman–Crippen MR) is 120 cm³/mol. The number of rotatable bonds is 7. The van der Waals surface area contributed by atoms with Crippen LogP contribution >= 0.6 is 0 Å². The van der Waals surface area contributed by atoms with Crippen LogP contribution in [0.1, 0.15) is 17.8 Å². The van der Waals surface area contributed by atoms with Gasteiger partial charge in [-0.05, 0) is 38.5 Å². The molecule has 30 heavy (non-hydrogen) atoms. The molecule has 1 saturated heterocycles. The number of nitrogens with zero attached hydrogens (tertiary/aromatic N) is 6. The van der Waals surface area contributed by atoms with Crippen LogP contribution in [0, 0.1) is 13.8 Å². The van der Waals surface area contributed by atoms with Crippen LogP contribution in [0.25, 0.3) is 10.9 Å². The smallest absolute Gasteiger partial charge is 0.228 e. The maximum absolute atomic E-state index is 5.15. The quantitative estimate of drug-likeness (QED) is 0.599. The fourth-order valence-electron chi connectivity index (χ4n) is 3.72. The number of fused-ring (bicyclic) bond motifs is 1. The minimum atomic E-state index is 0.728. The monoisotopic (exact) mass is 407 g/mol. The van der Waals surface area contributed by atoms with Crippen molar-refractivity contribution in [2.45, 2.75) is 20.3 Å². The predicted octanol–water partition coefficient (Wildman–Crippen LogP) is 2.81. The topological polar surface area (TPSA) is 79.3 Å². The highest BCUT2D eigenvalue weighted by Crippen LogP contribution is 2.24. The highest BCUT2D eigenvalue weighted by molar-refractivity contribution is 5.90. The second-order valence-corrected chi connectivity index (χ2v) is 7.59. The first-order valence-electron chi connectivity index (χ1n) is 10.5. The Morgan fingerprint density at radius 1 is 0.900 bits per heavy atom. The molecule has 3 heterocycles. The number of benzene rings is 1. The van der Waals surface area contributed by atoms with E-state index >= 15 is 0 Å². The van der Waals surface area contributed by atoms with Gasteiger partial charge in [0, 0.05) is 63.2 Å².